The molecule has 252 valence electrons. The summed E-state index contributed by atoms with van der Waals surface area (Å²) in [6, 6.07) is 66.7. The Labute approximate surface area is 313 Å². The normalized spacial score (nSPS) is 16.4. The van der Waals surface area contributed by atoms with Crippen molar-refractivity contribution in [2.75, 3.05) is 0 Å². The summed E-state index contributed by atoms with van der Waals surface area (Å²) in [5.41, 5.74) is 15.8. The molecule has 3 nitrogen and oxygen atoms in total. The summed E-state index contributed by atoms with van der Waals surface area (Å²) < 4.78 is 18.4. The van der Waals surface area contributed by atoms with E-state index in [1.165, 1.54) is 44.5 Å². The van der Waals surface area contributed by atoms with E-state index in [1.807, 2.05) is 66.7 Å². The topological polar surface area (TPSA) is 34.9 Å². The van der Waals surface area contributed by atoms with Crippen LogP contribution in [0.5, 0.6) is 0 Å². The highest BCUT2D eigenvalue weighted by atomic mass is 31.2. The van der Waals surface area contributed by atoms with Gasteiger partial charge in [-0.15, -0.1) is 0 Å². The summed E-state index contributed by atoms with van der Waals surface area (Å²) in [7, 11) is -3.33. The van der Waals surface area contributed by atoms with E-state index in [4.69, 9.17) is 4.98 Å². The van der Waals surface area contributed by atoms with Gasteiger partial charge in [-0.1, -0.05) is 158 Å². The Morgan fingerprint density at radius 2 is 1.00 bits per heavy atom. The number of hydrogen-bond donors (Lipinski definition) is 0. The van der Waals surface area contributed by atoms with E-state index in [-0.39, 0.29) is 0 Å². The van der Waals surface area contributed by atoms with Crippen molar-refractivity contribution in [3.05, 3.63) is 210 Å². The second-order valence-electron chi connectivity index (χ2n) is 14.6. The maximum Gasteiger partial charge on any atom is 0.175 e. The SMILES string of the molecule is O=P1(c2ccccc2)c2cc(-c3ccc4c(c3)C3(c5ccccc5-c5ccccc53)c3ccccc3-4)ccc2-n2c(-c3ccccc3)nc3cccc1c32. The monoisotopic (exact) mass is 706 g/mol. The number of para-hydroxylation sites is 1. The minimum absolute atomic E-state index is 0.436. The van der Waals surface area contributed by atoms with Gasteiger partial charge in [0.2, 0.25) is 0 Å². The van der Waals surface area contributed by atoms with Crippen molar-refractivity contribution >= 4 is 34.1 Å². The van der Waals surface area contributed by atoms with Crippen LogP contribution in [-0.4, -0.2) is 9.55 Å². The number of nitrogens with zero attached hydrogens (tertiary/aromatic N) is 2. The van der Waals surface area contributed by atoms with E-state index in [2.05, 4.69) is 126 Å². The van der Waals surface area contributed by atoms with Crippen molar-refractivity contribution in [1.29, 1.82) is 0 Å². The average molecular weight is 707 g/mol. The first-order valence-corrected chi connectivity index (χ1v) is 20.2. The fraction of sp³-hybridized carbons (Fsp3) is 0.0200. The minimum atomic E-state index is -3.33. The van der Waals surface area contributed by atoms with E-state index < -0.39 is 12.6 Å². The molecule has 0 fully saturated rings. The Bertz CT molecular complexity index is 3020. The van der Waals surface area contributed by atoms with E-state index >= 15 is 4.57 Å². The van der Waals surface area contributed by atoms with Gasteiger partial charge < -0.3 is 4.57 Å². The zero-order valence-electron chi connectivity index (χ0n) is 29.1. The van der Waals surface area contributed by atoms with Crippen molar-refractivity contribution in [2.45, 2.75) is 5.41 Å². The molecule has 0 bridgehead atoms. The van der Waals surface area contributed by atoms with Crippen LogP contribution in [0.1, 0.15) is 22.3 Å². The van der Waals surface area contributed by atoms with Gasteiger partial charge in [0.1, 0.15) is 5.82 Å². The van der Waals surface area contributed by atoms with Crippen LogP contribution >= 0.6 is 7.14 Å². The van der Waals surface area contributed by atoms with Crippen molar-refractivity contribution in [3.8, 4) is 50.5 Å². The molecule has 0 radical (unpaired) electrons. The molecule has 1 aromatic heterocycles. The number of aromatic nitrogens is 2. The van der Waals surface area contributed by atoms with E-state index in [1.54, 1.807) is 0 Å². The van der Waals surface area contributed by atoms with Gasteiger partial charge in [0.15, 0.2) is 7.14 Å². The lowest BCUT2D eigenvalue weighted by Gasteiger charge is -2.31. The molecule has 8 aromatic carbocycles. The Morgan fingerprint density at radius 1 is 0.444 bits per heavy atom. The first-order chi connectivity index (χ1) is 26.7. The Balaban J connectivity index is 1.13. The third kappa shape index (κ3) is 3.67. The van der Waals surface area contributed by atoms with Crippen LogP contribution < -0.4 is 15.9 Å². The predicted octanol–water partition coefficient (Wildman–Crippen LogP) is 10.7. The van der Waals surface area contributed by atoms with Crippen LogP contribution in [0.25, 0.3) is 61.5 Å². The third-order valence-corrected chi connectivity index (χ3v) is 15.1. The molecule has 9 aromatic rings. The molecule has 0 saturated carbocycles. The number of imidazole rings is 1. The van der Waals surface area contributed by atoms with Gasteiger partial charge in [0.05, 0.1) is 22.1 Å². The average Bonchev–Trinajstić information content (AvgIpc) is 3.88. The fourth-order valence-electron chi connectivity index (χ4n) is 9.84. The highest BCUT2D eigenvalue weighted by Gasteiger charge is 2.51. The lowest BCUT2D eigenvalue weighted by molar-refractivity contribution is 0.592. The first kappa shape index (κ1) is 30.0. The molecule has 4 heteroatoms. The molecule has 0 amide bonds. The summed E-state index contributed by atoms with van der Waals surface area (Å²) in [5, 5.41) is 2.48. The minimum Gasteiger partial charge on any atom is -0.308 e. The van der Waals surface area contributed by atoms with Gasteiger partial charge in [0, 0.05) is 21.5 Å². The molecule has 2 heterocycles. The molecule has 0 saturated heterocycles. The molecule has 1 aliphatic heterocycles. The maximum absolute atomic E-state index is 16.2. The highest BCUT2D eigenvalue weighted by molar-refractivity contribution is 7.86. The summed E-state index contributed by atoms with van der Waals surface area (Å²) in [6.07, 6.45) is 0. The predicted molar refractivity (Wildman–Crippen MR) is 221 cm³/mol. The van der Waals surface area contributed by atoms with Crippen LogP contribution in [0.15, 0.2) is 188 Å². The third-order valence-electron chi connectivity index (χ3n) is 12.0. The van der Waals surface area contributed by atoms with Crippen LogP contribution in [-0.2, 0) is 9.98 Å². The van der Waals surface area contributed by atoms with E-state index in [0.29, 0.717) is 0 Å². The molecule has 1 atom stereocenters. The molecular formula is C50H31N2OP. The second-order valence-corrected chi connectivity index (χ2v) is 17.3. The number of benzene rings is 8. The summed E-state index contributed by atoms with van der Waals surface area (Å²) in [4.78, 5) is 5.17. The van der Waals surface area contributed by atoms with Crippen LogP contribution in [0.2, 0.25) is 0 Å². The van der Waals surface area contributed by atoms with Gasteiger partial charge in [-0.25, -0.2) is 4.98 Å². The molecule has 2 aliphatic carbocycles. The molecule has 12 rings (SSSR count). The highest BCUT2D eigenvalue weighted by Crippen LogP contribution is 2.63. The standard InChI is InChI=1S/C50H31N2OP/c53-54(35-16-5-2-6-17-35)46-25-13-24-44-48(46)52(49(51-44)32-14-3-1-4-15-32)45-29-27-34(31-47(45)54)33-26-28-39-38-20-9-12-23-42(38)50(43(39)30-33)40-21-10-7-18-36(40)37-19-8-11-22-41(37)50/h1-31H. The van der Waals surface area contributed by atoms with Crippen molar-refractivity contribution < 1.29 is 4.57 Å². The Hall–Kier alpha value is -6.54. The number of hydrogen-bond acceptors (Lipinski definition) is 2. The van der Waals surface area contributed by atoms with Gasteiger partial charge >= 0.3 is 0 Å². The molecule has 3 aliphatic rings. The second kappa shape index (κ2) is 10.8. The lowest BCUT2D eigenvalue weighted by atomic mass is 9.70. The van der Waals surface area contributed by atoms with Crippen molar-refractivity contribution in [2.24, 2.45) is 0 Å². The van der Waals surface area contributed by atoms with E-state index in [0.717, 1.165) is 55.1 Å². The molecule has 1 spiro atoms. The van der Waals surface area contributed by atoms with Crippen LogP contribution in [0, 0.1) is 0 Å². The summed E-state index contributed by atoms with van der Waals surface area (Å²) >= 11 is 0. The maximum atomic E-state index is 16.2. The van der Waals surface area contributed by atoms with E-state index in [9.17, 15) is 0 Å². The molecule has 54 heavy (non-hydrogen) atoms. The molecule has 0 N–H and O–H groups in total. The number of rotatable bonds is 3. The van der Waals surface area contributed by atoms with Gasteiger partial charge in [-0.05, 0) is 86.0 Å². The van der Waals surface area contributed by atoms with Gasteiger partial charge in [-0.2, -0.15) is 0 Å². The quantitative estimate of drug-likeness (QED) is 0.172. The van der Waals surface area contributed by atoms with Crippen LogP contribution in [0.4, 0.5) is 0 Å². The summed E-state index contributed by atoms with van der Waals surface area (Å²) in [5.74, 6) is 0.849. The molecular weight excluding hydrogens is 676 g/mol. The largest absolute Gasteiger partial charge is 0.308 e. The Morgan fingerprint density at radius 3 is 1.67 bits per heavy atom. The van der Waals surface area contributed by atoms with Crippen molar-refractivity contribution in [1.82, 2.24) is 9.55 Å². The first-order valence-electron chi connectivity index (χ1n) is 18.5. The van der Waals surface area contributed by atoms with Crippen LogP contribution in [0.3, 0.4) is 0 Å². The molecule has 1 unspecified atom stereocenters. The van der Waals surface area contributed by atoms with Crippen molar-refractivity contribution in [3.63, 3.8) is 0 Å². The summed E-state index contributed by atoms with van der Waals surface area (Å²) in [6.45, 7) is 0. The Kier molecular flexibility index (Phi) is 5.97. The lowest BCUT2D eigenvalue weighted by Crippen LogP contribution is -2.33. The van der Waals surface area contributed by atoms with Gasteiger partial charge in [-0.3, -0.25) is 4.57 Å². The zero-order chi connectivity index (χ0) is 35.6. The van der Waals surface area contributed by atoms with Gasteiger partial charge in [0.25, 0.3) is 0 Å². The zero-order valence-corrected chi connectivity index (χ0v) is 30.0. The number of fused-ring (bicyclic) bond motifs is 12. The smallest absolute Gasteiger partial charge is 0.175 e. The fourth-order valence-corrected chi connectivity index (χ4v) is 12.9.